The molecule has 0 fully saturated rings. The van der Waals surface area contributed by atoms with Gasteiger partial charge in [0.25, 0.3) is 0 Å². The van der Waals surface area contributed by atoms with Crippen molar-refractivity contribution in [3.05, 3.63) is 94.6 Å². The maximum atomic E-state index is 14.3. The van der Waals surface area contributed by atoms with Gasteiger partial charge in [0.05, 0.1) is 10.4 Å². The summed E-state index contributed by atoms with van der Waals surface area (Å²) in [5, 5.41) is 19.4. The van der Waals surface area contributed by atoms with Crippen LogP contribution in [0, 0.1) is 5.82 Å². The van der Waals surface area contributed by atoms with Crippen LogP contribution in [0.2, 0.25) is 0 Å². The fourth-order valence-corrected chi connectivity index (χ4v) is 4.44. The second kappa shape index (κ2) is 7.93. The van der Waals surface area contributed by atoms with Crippen molar-refractivity contribution in [2.45, 2.75) is 0 Å². The molecule has 0 aliphatic heterocycles. The summed E-state index contributed by atoms with van der Waals surface area (Å²) in [7, 11) is 0. The number of rotatable bonds is 5. The molecule has 0 aliphatic carbocycles. The SMILES string of the molecule is O=C(O)/C=C/c1ccc(-c2c(C(=O)c3ccccc3F)sc3cc(O)ccc23)cc1. The van der Waals surface area contributed by atoms with Crippen LogP contribution in [0.5, 0.6) is 5.75 Å². The van der Waals surface area contributed by atoms with Gasteiger partial charge in [0, 0.05) is 21.7 Å². The number of ketones is 1. The number of carboxylic acids is 1. The first kappa shape index (κ1) is 19.5. The van der Waals surface area contributed by atoms with Crippen LogP contribution in [0.1, 0.15) is 20.8 Å². The number of carbonyl (C=O) groups is 2. The maximum absolute atomic E-state index is 14.3. The molecule has 4 nitrogen and oxygen atoms in total. The lowest BCUT2D eigenvalue weighted by molar-refractivity contribution is -0.131. The van der Waals surface area contributed by atoms with Gasteiger partial charge in [0.1, 0.15) is 11.6 Å². The number of benzene rings is 3. The lowest BCUT2D eigenvalue weighted by Gasteiger charge is -2.07. The molecule has 0 spiro atoms. The number of hydrogen-bond donors (Lipinski definition) is 2. The molecular weight excluding hydrogens is 403 g/mol. The minimum atomic E-state index is -1.04. The van der Waals surface area contributed by atoms with E-state index in [4.69, 9.17) is 5.11 Å². The summed E-state index contributed by atoms with van der Waals surface area (Å²) in [5.74, 6) is -1.99. The number of fused-ring (bicyclic) bond motifs is 1. The highest BCUT2D eigenvalue weighted by molar-refractivity contribution is 7.21. The molecule has 0 radical (unpaired) electrons. The molecule has 0 bridgehead atoms. The van der Waals surface area contributed by atoms with E-state index in [0.29, 0.717) is 20.7 Å². The van der Waals surface area contributed by atoms with Gasteiger partial charge in [-0.2, -0.15) is 0 Å². The number of carbonyl (C=O) groups excluding carboxylic acids is 1. The van der Waals surface area contributed by atoms with E-state index in [9.17, 15) is 19.1 Å². The summed E-state index contributed by atoms with van der Waals surface area (Å²) in [6, 6.07) is 17.7. The molecule has 1 aromatic heterocycles. The largest absolute Gasteiger partial charge is 0.508 e. The normalized spacial score (nSPS) is 11.2. The van der Waals surface area contributed by atoms with Gasteiger partial charge in [-0.05, 0) is 47.5 Å². The lowest BCUT2D eigenvalue weighted by Crippen LogP contribution is -2.03. The highest BCUT2D eigenvalue weighted by atomic mass is 32.1. The Morgan fingerprint density at radius 3 is 2.40 bits per heavy atom. The molecule has 0 saturated heterocycles. The molecule has 2 N–H and O–H groups in total. The third-order valence-electron chi connectivity index (χ3n) is 4.62. The van der Waals surface area contributed by atoms with Crippen molar-refractivity contribution in [3.63, 3.8) is 0 Å². The average Bonchev–Trinajstić information content (AvgIpc) is 3.11. The molecule has 0 amide bonds. The van der Waals surface area contributed by atoms with E-state index >= 15 is 0 Å². The molecule has 6 heteroatoms. The zero-order valence-electron chi connectivity index (χ0n) is 15.5. The topological polar surface area (TPSA) is 74.6 Å². The number of hydrogen-bond acceptors (Lipinski definition) is 4. The number of halogens is 1. The molecule has 4 rings (SSSR count). The van der Waals surface area contributed by atoms with Gasteiger partial charge in [0.2, 0.25) is 5.78 Å². The minimum absolute atomic E-state index is 0.0180. The molecule has 148 valence electrons. The van der Waals surface area contributed by atoms with Crippen LogP contribution >= 0.6 is 11.3 Å². The molecule has 0 aliphatic rings. The Morgan fingerprint density at radius 1 is 0.967 bits per heavy atom. The van der Waals surface area contributed by atoms with Gasteiger partial charge in [-0.25, -0.2) is 9.18 Å². The molecular formula is C24H15FO4S. The summed E-state index contributed by atoms with van der Waals surface area (Å²) in [5.41, 5.74) is 2.06. The summed E-state index contributed by atoms with van der Waals surface area (Å²) >= 11 is 1.20. The first-order chi connectivity index (χ1) is 14.4. The van der Waals surface area contributed by atoms with E-state index in [0.717, 1.165) is 17.0 Å². The fourth-order valence-electron chi connectivity index (χ4n) is 3.23. The number of aromatic hydroxyl groups is 1. The van der Waals surface area contributed by atoms with E-state index in [-0.39, 0.29) is 11.3 Å². The Bertz CT molecular complexity index is 1300. The summed E-state index contributed by atoms with van der Waals surface area (Å²) in [6.45, 7) is 0. The van der Waals surface area contributed by atoms with Crippen molar-refractivity contribution in [2.24, 2.45) is 0 Å². The van der Waals surface area contributed by atoms with Crippen LogP contribution in [-0.4, -0.2) is 22.0 Å². The molecule has 0 atom stereocenters. The number of phenols is 1. The van der Waals surface area contributed by atoms with Gasteiger partial charge in [-0.15, -0.1) is 11.3 Å². The van der Waals surface area contributed by atoms with E-state index in [1.54, 1.807) is 48.5 Å². The smallest absolute Gasteiger partial charge is 0.328 e. The van der Waals surface area contributed by atoms with Gasteiger partial charge in [-0.1, -0.05) is 36.4 Å². The first-order valence-corrected chi connectivity index (χ1v) is 9.82. The number of thiophene rings is 1. The number of aliphatic carboxylic acids is 1. The van der Waals surface area contributed by atoms with Gasteiger partial charge in [-0.3, -0.25) is 4.79 Å². The zero-order chi connectivity index (χ0) is 21.3. The van der Waals surface area contributed by atoms with Crippen LogP contribution < -0.4 is 0 Å². The Morgan fingerprint density at radius 2 is 1.70 bits per heavy atom. The Kier molecular flexibility index (Phi) is 5.16. The summed E-state index contributed by atoms with van der Waals surface area (Å²) < 4.78 is 15.0. The molecule has 0 saturated carbocycles. The molecule has 30 heavy (non-hydrogen) atoms. The van der Waals surface area contributed by atoms with Crippen molar-refractivity contribution in [3.8, 4) is 16.9 Å². The molecule has 3 aromatic carbocycles. The van der Waals surface area contributed by atoms with Crippen molar-refractivity contribution < 1.29 is 24.2 Å². The quantitative estimate of drug-likeness (QED) is 0.320. The van der Waals surface area contributed by atoms with Crippen LogP contribution in [0.25, 0.3) is 27.3 Å². The van der Waals surface area contributed by atoms with Crippen molar-refractivity contribution in [1.82, 2.24) is 0 Å². The zero-order valence-corrected chi connectivity index (χ0v) is 16.3. The minimum Gasteiger partial charge on any atom is -0.508 e. The van der Waals surface area contributed by atoms with E-state index in [1.807, 2.05) is 0 Å². The molecule has 0 unspecified atom stereocenters. The van der Waals surface area contributed by atoms with Crippen LogP contribution in [0.15, 0.2) is 72.8 Å². The van der Waals surface area contributed by atoms with Crippen molar-refractivity contribution >= 4 is 39.3 Å². The standard InChI is InChI=1S/C24H15FO4S/c25-19-4-2-1-3-17(19)23(29)24-22(18-11-10-16(26)13-20(18)30-24)15-8-5-14(6-9-15)7-12-21(27)28/h1-13,26H,(H,27,28)/b12-7+. The number of phenolic OH excluding ortho intramolecular Hbond substituents is 1. The predicted molar refractivity (Wildman–Crippen MR) is 115 cm³/mol. The van der Waals surface area contributed by atoms with Crippen molar-refractivity contribution in [2.75, 3.05) is 0 Å². The second-order valence-electron chi connectivity index (χ2n) is 6.59. The Hall–Kier alpha value is -3.77. The van der Waals surface area contributed by atoms with Crippen LogP contribution in [0.3, 0.4) is 0 Å². The molecule has 4 aromatic rings. The third kappa shape index (κ3) is 3.73. The fraction of sp³-hybridized carbons (Fsp3) is 0. The van der Waals surface area contributed by atoms with Gasteiger partial charge < -0.3 is 10.2 Å². The Balaban J connectivity index is 1.88. The highest BCUT2D eigenvalue weighted by Gasteiger charge is 2.23. The van der Waals surface area contributed by atoms with Gasteiger partial charge in [0.15, 0.2) is 0 Å². The first-order valence-electron chi connectivity index (χ1n) is 9.00. The van der Waals surface area contributed by atoms with E-state index in [2.05, 4.69) is 0 Å². The van der Waals surface area contributed by atoms with Gasteiger partial charge >= 0.3 is 5.97 Å². The van der Waals surface area contributed by atoms with E-state index < -0.39 is 17.6 Å². The predicted octanol–water partition coefficient (Wildman–Crippen LogP) is 5.74. The van der Waals surface area contributed by atoms with Crippen LogP contribution in [0.4, 0.5) is 4.39 Å². The monoisotopic (exact) mass is 418 g/mol. The van der Waals surface area contributed by atoms with E-state index in [1.165, 1.54) is 35.6 Å². The van der Waals surface area contributed by atoms with Crippen molar-refractivity contribution in [1.29, 1.82) is 0 Å². The number of carboxylic acid groups (broad SMARTS) is 1. The second-order valence-corrected chi connectivity index (χ2v) is 7.64. The van der Waals surface area contributed by atoms with Crippen LogP contribution in [-0.2, 0) is 4.79 Å². The summed E-state index contributed by atoms with van der Waals surface area (Å²) in [4.78, 5) is 24.3. The summed E-state index contributed by atoms with van der Waals surface area (Å²) in [6.07, 6.45) is 2.52. The highest BCUT2D eigenvalue weighted by Crippen LogP contribution is 2.41. The maximum Gasteiger partial charge on any atom is 0.328 e. The lowest BCUT2D eigenvalue weighted by atomic mass is 9.97. The third-order valence-corrected chi connectivity index (χ3v) is 5.77. The molecule has 1 heterocycles. The average molecular weight is 418 g/mol. The Labute approximate surface area is 175 Å².